The molecule has 1 aliphatic carbocycles. The molecule has 0 unspecified atom stereocenters. The molecule has 32 heavy (non-hydrogen) atoms. The number of carbonyl (C=O) groups excluding carboxylic acids is 2. The van der Waals surface area contributed by atoms with Gasteiger partial charge in [0.05, 0.1) is 12.6 Å². The molecule has 1 aromatic heterocycles. The molecule has 2 aromatic rings. The predicted molar refractivity (Wildman–Crippen MR) is 121 cm³/mol. The highest BCUT2D eigenvalue weighted by Gasteiger charge is 2.32. The normalized spacial score (nSPS) is 19.8. The highest BCUT2D eigenvalue weighted by molar-refractivity contribution is 5.96. The van der Waals surface area contributed by atoms with Crippen molar-refractivity contribution in [3.8, 4) is 0 Å². The van der Waals surface area contributed by atoms with E-state index in [0.717, 1.165) is 29.5 Å². The topological polar surface area (TPSA) is 91.6 Å². The number of hydrogen-bond donors (Lipinski definition) is 2. The van der Waals surface area contributed by atoms with Crippen molar-refractivity contribution in [2.75, 3.05) is 6.54 Å². The molecule has 2 N–H and O–H groups in total. The van der Waals surface area contributed by atoms with Crippen LogP contribution in [0.1, 0.15) is 66.1 Å². The second kappa shape index (κ2) is 9.69. The van der Waals surface area contributed by atoms with Crippen molar-refractivity contribution in [2.45, 2.75) is 70.7 Å². The lowest BCUT2D eigenvalue weighted by Gasteiger charge is -2.33. The van der Waals surface area contributed by atoms with Crippen LogP contribution >= 0.6 is 0 Å². The number of aromatic nitrogens is 1. The molecule has 1 fully saturated rings. The summed E-state index contributed by atoms with van der Waals surface area (Å²) in [5, 5.41) is 12.5. The summed E-state index contributed by atoms with van der Waals surface area (Å²) in [6, 6.07) is 9.55. The quantitative estimate of drug-likeness (QED) is 0.695. The van der Waals surface area contributed by atoms with Crippen LogP contribution in [-0.4, -0.2) is 45.1 Å². The maximum Gasteiger partial charge on any atom is 0.264 e. The van der Waals surface area contributed by atoms with Gasteiger partial charge >= 0.3 is 0 Å². The SMILES string of the molecule is CCCCC(=O)N1CCc2c(cn(Cc3ccccc3)c(=O)c2C(=O)NC2CC(O)C2)C1. The Morgan fingerprint density at radius 1 is 1.19 bits per heavy atom. The van der Waals surface area contributed by atoms with E-state index in [4.69, 9.17) is 0 Å². The molecule has 7 heteroatoms. The molecular weight excluding hydrogens is 406 g/mol. The fourth-order valence-corrected chi connectivity index (χ4v) is 4.51. The molecule has 2 heterocycles. The number of fused-ring (bicyclic) bond motifs is 1. The van der Waals surface area contributed by atoms with Crippen LogP contribution < -0.4 is 10.9 Å². The molecule has 2 aliphatic rings. The fraction of sp³-hybridized carbons (Fsp3) is 0.480. The maximum atomic E-state index is 13.4. The Morgan fingerprint density at radius 3 is 2.62 bits per heavy atom. The van der Waals surface area contributed by atoms with Gasteiger partial charge in [0.2, 0.25) is 5.91 Å². The van der Waals surface area contributed by atoms with E-state index in [1.165, 1.54) is 0 Å². The van der Waals surface area contributed by atoms with Gasteiger partial charge in [0, 0.05) is 31.7 Å². The molecule has 0 saturated heterocycles. The molecule has 7 nitrogen and oxygen atoms in total. The van der Waals surface area contributed by atoms with Crippen molar-refractivity contribution in [1.29, 1.82) is 0 Å². The standard InChI is InChI=1S/C25H31N3O4/c1-2-3-9-22(30)27-11-10-21-18(15-27)16-28(14-17-7-5-4-6-8-17)25(32)23(21)24(31)26-19-12-20(29)13-19/h4-8,16,19-20,29H,2-3,9-15H2,1H3,(H,26,31). The second-order valence-corrected chi connectivity index (χ2v) is 8.89. The van der Waals surface area contributed by atoms with Gasteiger partial charge in [-0.25, -0.2) is 0 Å². The van der Waals surface area contributed by atoms with Crippen LogP contribution in [0.25, 0.3) is 0 Å². The Labute approximate surface area is 188 Å². The molecule has 170 valence electrons. The number of aliphatic hydroxyl groups excluding tert-OH is 1. The van der Waals surface area contributed by atoms with Gasteiger partial charge in [-0.15, -0.1) is 0 Å². The number of unbranched alkanes of at least 4 members (excludes halogenated alkanes) is 1. The molecule has 1 aliphatic heterocycles. The zero-order chi connectivity index (χ0) is 22.7. The minimum Gasteiger partial charge on any atom is -0.393 e. The van der Waals surface area contributed by atoms with E-state index in [1.54, 1.807) is 4.57 Å². The van der Waals surface area contributed by atoms with E-state index in [1.807, 2.05) is 41.4 Å². The summed E-state index contributed by atoms with van der Waals surface area (Å²) in [7, 11) is 0. The maximum absolute atomic E-state index is 13.4. The summed E-state index contributed by atoms with van der Waals surface area (Å²) in [5.41, 5.74) is 2.44. The average molecular weight is 438 g/mol. The largest absolute Gasteiger partial charge is 0.393 e. The van der Waals surface area contributed by atoms with Crippen molar-refractivity contribution in [3.05, 3.63) is 69.1 Å². The zero-order valence-corrected chi connectivity index (χ0v) is 18.5. The first kappa shape index (κ1) is 22.3. The Balaban J connectivity index is 1.66. The van der Waals surface area contributed by atoms with E-state index < -0.39 is 0 Å². The molecule has 0 atom stereocenters. The van der Waals surface area contributed by atoms with Crippen LogP contribution in [0.2, 0.25) is 0 Å². The third-order valence-corrected chi connectivity index (χ3v) is 6.44. The van der Waals surface area contributed by atoms with E-state index in [0.29, 0.717) is 45.3 Å². The van der Waals surface area contributed by atoms with Crippen molar-refractivity contribution >= 4 is 11.8 Å². The Kier molecular flexibility index (Phi) is 6.74. The van der Waals surface area contributed by atoms with Crippen molar-refractivity contribution in [3.63, 3.8) is 0 Å². The molecule has 0 spiro atoms. The molecule has 1 saturated carbocycles. The molecule has 2 amide bonds. The Morgan fingerprint density at radius 2 is 1.94 bits per heavy atom. The van der Waals surface area contributed by atoms with Crippen LogP contribution in [0.4, 0.5) is 0 Å². The van der Waals surface area contributed by atoms with Crippen molar-refractivity contribution in [1.82, 2.24) is 14.8 Å². The lowest BCUT2D eigenvalue weighted by Crippen LogP contribution is -2.49. The van der Waals surface area contributed by atoms with Gasteiger partial charge in [-0.05, 0) is 42.4 Å². The molecule has 1 aromatic carbocycles. The number of aliphatic hydroxyl groups is 1. The van der Waals surface area contributed by atoms with E-state index in [9.17, 15) is 19.5 Å². The van der Waals surface area contributed by atoms with Gasteiger partial charge in [-0.1, -0.05) is 43.7 Å². The number of carbonyl (C=O) groups is 2. The average Bonchev–Trinajstić information content (AvgIpc) is 2.77. The van der Waals surface area contributed by atoms with Crippen LogP contribution in [-0.2, 0) is 24.3 Å². The van der Waals surface area contributed by atoms with Crippen LogP contribution in [0.15, 0.2) is 41.3 Å². The van der Waals surface area contributed by atoms with E-state index in [-0.39, 0.29) is 35.1 Å². The highest BCUT2D eigenvalue weighted by atomic mass is 16.3. The van der Waals surface area contributed by atoms with Crippen LogP contribution in [0.3, 0.4) is 0 Å². The third kappa shape index (κ3) is 4.78. The predicted octanol–water partition coefficient (Wildman–Crippen LogP) is 2.22. The van der Waals surface area contributed by atoms with E-state index in [2.05, 4.69) is 12.2 Å². The lowest BCUT2D eigenvalue weighted by molar-refractivity contribution is -0.132. The van der Waals surface area contributed by atoms with Crippen molar-refractivity contribution < 1.29 is 14.7 Å². The number of hydrogen-bond acceptors (Lipinski definition) is 4. The number of nitrogens with zero attached hydrogens (tertiary/aromatic N) is 2. The fourth-order valence-electron chi connectivity index (χ4n) is 4.51. The van der Waals surface area contributed by atoms with Gasteiger partial charge in [0.15, 0.2) is 0 Å². The molecule has 0 bridgehead atoms. The summed E-state index contributed by atoms with van der Waals surface area (Å²) < 4.78 is 1.58. The van der Waals surface area contributed by atoms with Gasteiger partial charge in [-0.3, -0.25) is 14.4 Å². The van der Waals surface area contributed by atoms with Gasteiger partial charge in [0.1, 0.15) is 5.56 Å². The third-order valence-electron chi connectivity index (χ3n) is 6.44. The Hall–Kier alpha value is -2.93. The van der Waals surface area contributed by atoms with Gasteiger partial charge in [-0.2, -0.15) is 0 Å². The monoisotopic (exact) mass is 437 g/mol. The van der Waals surface area contributed by atoms with Gasteiger partial charge in [0.25, 0.3) is 11.5 Å². The van der Waals surface area contributed by atoms with Crippen molar-refractivity contribution in [2.24, 2.45) is 0 Å². The summed E-state index contributed by atoms with van der Waals surface area (Å²) in [4.78, 5) is 40.9. The first-order chi connectivity index (χ1) is 15.5. The summed E-state index contributed by atoms with van der Waals surface area (Å²) in [6.45, 7) is 3.35. The summed E-state index contributed by atoms with van der Waals surface area (Å²) >= 11 is 0. The number of amides is 2. The molecular formula is C25H31N3O4. The van der Waals surface area contributed by atoms with Gasteiger partial charge < -0.3 is 19.9 Å². The highest BCUT2D eigenvalue weighted by Crippen LogP contribution is 2.24. The molecule has 0 radical (unpaired) electrons. The van der Waals surface area contributed by atoms with E-state index >= 15 is 0 Å². The smallest absolute Gasteiger partial charge is 0.264 e. The number of rotatable bonds is 7. The summed E-state index contributed by atoms with van der Waals surface area (Å²) in [5.74, 6) is -0.260. The molecule has 4 rings (SSSR count). The zero-order valence-electron chi connectivity index (χ0n) is 18.5. The number of pyridine rings is 1. The first-order valence-corrected chi connectivity index (χ1v) is 11.5. The number of benzene rings is 1. The number of nitrogens with one attached hydrogen (secondary N) is 1. The minimum atomic E-state index is -0.387. The summed E-state index contributed by atoms with van der Waals surface area (Å²) in [6.07, 6.45) is 5.29. The Bertz CT molecular complexity index is 1040. The first-order valence-electron chi connectivity index (χ1n) is 11.5. The minimum absolute atomic E-state index is 0.106. The lowest BCUT2D eigenvalue weighted by atomic mass is 9.89. The second-order valence-electron chi connectivity index (χ2n) is 8.89. The van der Waals surface area contributed by atoms with Crippen LogP contribution in [0.5, 0.6) is 0 Å². The van der Waals surface area contributed by atoms with Crippen LogP contribution in [0, 0.1) is 0 Å².